The van der Waals surface area contributed by atoms with Crippen molar-refractivity contribution in [3.8, 4) is 5.75 Å². The highest BCUT2D eigenvalue weighted by Gasteiger charge is 2.17. The molecule has 0 saturated carbocycles. The van der Waals surface area contributed by atoms with Gasteiger partial charge in [-0.2, -0.15) is 0 Å². The summed E-state index contributed by atoms with van der Waals surface area (Å²) in [6, 6.07) is 8.01. The summed E-state index contributed by atoms with van der Waals surface area (Å²) in [5, 5.41) is 10.1. The molecule has 0 unspecified atom stereocenters. The van der Waals surface area contributed by atoms with Gasteiger partial charge in [0.05, 0.1) is 27.9 Å². The maximum absolute atomic E-state index is 13.1. The van der Waals surface area contributed by atoms with E-state index >= 15 is 0 Å². The molecule has 24 heavy (non-hydrogen) atoms. The molecule has 2 heterocycles. The molecule has 3 rings (SSSR count). The van der Waals surface area contributed by atoms with Crippen LogP contribution < -0.4 is 4.74 Å². The molecule has 124 valence electrons. The largest absolute Gasteiger partial charge is 0.487 e. The Kier molecular flexibility index (Phi) is 4.39. The molecule has 0 aliphatic carbocycles. The van der Waals surface area contributed by atoms with E-state index in [1.54, 1.807) is 44.4 Å². The minimum Gasteiger partial charge on any atom is -0.487 e. The fourth-order valence-electron chi connectivity index (χ4n) is 2.19. The van der Waals surface area contributed by atoms with Gasteiger partial charge in [0.2, 0.25) is 0 Å². The van der Waals surface area contributed by atoms with Crippen molar-refractivity contribution < 1.29 is 14.2 Å². The highest BCUT2D eigenvalue weighted by molar-refractivity contribution is 6.30. The van der Waals surface area contributed by atoms with Crippen molar-refractivity contribution >= 4 is 22.6 Å². The second-order valence-corrected chi connectivity index (χ2v) is 6.44. The fourth-order valence-corrected chi connectivity index (χ4v) is 2.40. The number of halogens is 2. The fraction of sp³-hybridized carbons (Fsp3) is 0.222. The molecule has 6 heteroatoms. The quantitative estimate of drug-likeness (QED) is 0.768. The predicted octanol–water partition coefficient (Wildman–Crippen LogP) is 4.23. The van der Waals surface area contributed by atoms with Gasteiger partial charge in [-0.25, -0.2) is 4.39 Å². The van der Waals surface area contributed by atoms with Gasteiger partial charge in [0.25, 0.3) is 0 Å². The summed E-state index contributed by atoms with van der Waals surface area (Å²) in [6.45, 7) is 3.64. The third-order valence-corrected chi connectivity index (χ3v) is 3.89. The van der Waals surface area contributed by atoms with Gasteiger partial charge >= 0.3 is 0 Å². The van der Waals surface area contributed by atoms with Crippen LogP contribution in [0.2, 0.25) is 5.02 Å². The van der Waals surface area contributed by atoms with Gasteiger partial charge in [-0.05, 0) is 37.6 Å². The van der Waals surface area contributed by atoms with Crippen LogP contribution >= 0.6 is 11.6 Å². The molecule has 0 atom stereocenters. The number of aromatic nitrogens is 2. The summed E-state index contributed by atoms with van der Waals surface area (Å²) in [6.07, 6.45) is 3.21. The number of fused-ring (bicyclic) bond motifs is 1. The van der Waals surface area contributed by atoms with Crippen molar-refractivity contribution in [3.05, 3.63) is 64.7 Å². The first-order valence-corrected chi connectivity index (χ1v) is 7.76. The van der Waals surface area contributed by atoms with Crippen molar-refractivity contribution in [2.45, 2.75) is 26.1 Å². The Morgan fingerprint density at radius 2 is 1.83 bits per heavy atom. The van der Waals surface area contributed by atoms with Crippen LogP contribution in [0.4, 0.5) is 4.39 Å². The van der Waals surface area contributed by atoms with E-state index in [2.05, 4.69) is 9.97 Å². The Bertz CT molecular complexity index is 894. The Balaban J connectivity index is 1.79. The normalized spacial score (nSPS) is 11.7. The lowest BCUT2D eigenvalue weighted by molar-refractivity contribution is 0.0784. The first-order valence-electron chi connectivity index (χ1n) is 7.38. The third kappa shape index (κ3) is 3.63. The Hall–Kier alpha value is -2.24. The minimum atomic E-state index is -0.972. The van der Waals surface area contributed by atoms with Crippen LogP contribution in [0.15, 0.2) is 42.7 Å². The monoisotopic (exact) mass is 346 g/mol. The highest BCUT2D eigenvalue weighted by Crippen LogP contribution is 2.24. The molecule has 4 nitrogen and oxygen atoms in total. The van der Waals surface area contributed by atoms with Crippen molar-refractivity contribution in [1.82, 2.24) is 9.97 Å². The van der Waals surface area contributed by atoms with Crippen LogP contribution in [0, 0.1) is 5.82 Å². The lowest BCUT2D eigenvalue weighted by atomic mass is 10.0. The number of nitrogens with zero attached hydrogens (tertiary/aromatic N) is 2. The zero-order valence-corrected chi connectivity index (χ0v) is 14.0. The van der Waals surface area contributed by atoms with E-state index in [1.165, 1.54) is 12.1 Å². The molecule has 3 aromatic rings. The van der Waals surface area contributed by atoms with E-state index in [-0.39, 0.29) is 11.6 Å². The number of hydrogen-bond donors (Lipinski definition) is 1. The van der Waals surface area contributed by atoms with Gasteiger partial charge < -0.3 is 9.84 Å². The van der Waals surface area contributed by atoms with Crippen molar-refractivity contribution in [2.24, 2.45) is 0 Å². The van der Waals surface area contributed by atoms with Gasteiger partial charge in [0.15, 0.2) is 0 Å². The lowest BCUT2D eigenvalue weighted by Crippen LogP contribution is -2.15. The summed E-state index contributed by atoms with van der Waals surface area (Å²) < 4.78 is 18.8. The molecule has 0 spiro atoms. The van der Waals surface area contributed by atoms with Crippen molar-refractivity contribution in [2.75, 3.05) is 0 Å². The first-order chi connectivity index (χ1) is 11.3. The van der Waals surface area contributed by atoms with Crippen molar-refractivity contribution in [1.29, 1.82) is 0 Å². The number of benzene rings is 1. The molecule has 0 amide bonds. The van der Waals surface area contributed by atoms with Crippen LogP contribution in [-0.4, -0.2) is 15.1 Å². The van der Waals surface area contributed by atoms with Gasteiger partial charge in [0, 0.05) is 17.8 Å². The van der Waals surface area contributed by atoms with E-state index in [9.17, 15) is 9.50 Å². The molecular formula is C18H16ClFN2O2. The second-order valence-electron chi connectivity index (χ2n) is 6.03. The topological polar surface area (TPSA) is 55.2 Å². The van der Waals surface area contributed by atoms with E-state index in [0.717, 1.165) is 5.56 Å². The zero-order chi connectivity index (χ0) is 17.3. The summed E-state index contributed by atoms with van der Waals surface area (Å²) >= 11 is 5.75. The Labute approximate surface area is 143 Å². The Morgan fingerprint density at radius 3 is 2.54 bits per heavy atom. The molecule has 0 fully saturated rings. The molecule has 0 aliphatic heterocycles. The van der Waals surface area contributed by atoms with Crippen LogP contribution in [0.25, 0.3) is 11.0 Å². The van der Waals surface area contributed by atoms with Crippen LogP contribution in [0.3, 0.4) is 0 Å². The zero-order valence-electron chi connectivity index (χ0n) is 13.3. The number of hydrogen-bond acceptors (Lipinski definition) is 4. The molecular weight excluding hydrogens is 331 g/mol. The van der Waals surface area contributed by atoms with Crippen LogP contribution in [-0.2, 0) is 12.2 Å². The first kappa shape index (κ1) is 16.6. The number of aliphatic hydroxyl groups is 1. The third-order valence-electron chi connectivity index (χ3n) is 3.60. The summed E-state index contributed by atoms with van der Waals surface area (Å²) in [5.74, 6) is 0.0889. The van der Waals surface area contributed by atoms with E-state index in [4.69, 9.17) is 16.3 Å². The molecule has 0 radical (unpaired) electrons. The predicted molar refractivity (Wildman–Crippen MR) is 90.5 cm³/mol. The molecule has 0 saturated heterocycles. The molecule has 2 aromatic heterocycles. The smallest absolute Gasteiger partial charge is 0.141 e. The highest BCUT2D eigenvalue weighted by atomic mass is 35.5. The van der Waals surface area contributed by atoms with Crippen LogP contribution in [0.1, 0.15) is 25.0 Å². The molecule has 0 aliphatic rings. The van der Waals surface area contributed by atoms with Gasteiger partial charge in [-0.1, -0.05) is 17.7 Å². The lowest BCUT2D eigenvalue weighted by Gasteiger charge is -2.17. The summed E-state index contributed by atoms with van der Waals surface area (Å²) in [4.78, 5) is 8.63. The van der Waals surface area contributed by atoms with E-state index < -0.39 is 11.4 Å². The number of pyridine rings is 2. The number of rotatable bonds is 4. The molecule has 0 bridgehead atoms. The average molecular weight is 347 g/mol. The van der Waals surface area contributed by atoms with Gasteiger partial charge in [-0.3, -0.25) is 9.97 Å². The van der Waals surface area contributed by atoms with E-state index in [1.807, 2.05) is 0 Å². The summed E-state index contributed by atoms with van der Waals surface area (Å²) in [5.41, 5.74) is 1.81. The van der Waals surface area contributed by atoms with E-state index in [0.29, 0.717) is 22.3 Å². The average Bonchev–Trinajstić information content (AvgIpc) is 2.54. The molecule has 1 N–H and O–H groups in total. The van der Waals surface area contributed by atoms with Gasteiger partial charge in [0.1, 0.15) is 18.2 Å². The second kappa shape index (κ2) is 6.34. The summed E-state index contributed by atoms with van der Waals surface area (Å²) in [7, 11) is 0. The van der Waals surface area contributed by atoms with Crippen molar-refractivity contribution in [3.63, 3.8) is 0 Å². The molecule has 1 aromatic carbocycles. The maximum atomic E-state index is 13.1. The number of ether oxygens (including phenoxy) is 1. The SMILES string of the molecule is CC(C)(O)c1cnc2cc(OCc3ccc(F)c(Cl)c3)cnc2c1. The van der Waals surface area contributed by atoms with Gasteiger partial charge in [-0.15, -0.1) is 0 Å². The maximum Gasteiger partial charge on any atom is 0.141 e. The minimum absolute atomic E-state index is 0.0635. The van der Waals surface area contributed by atoms with Crippen LogP contribution in [0.5, 0.6) is 5.75 Å². The Morgan fingerprint density at radius 1 is 1.12 bits per heavy atom. The standard InChI is InChI=1S/C18H16ClFN2O2/c1-18(2,23)12-6-16-17(21-8-12)7-13(9-22-16)24-10-11-3-4-15(20)14(19)5-11/h3-9,23H,10H2,1-2H3.